The molecule has 7 nitrogen and oxygen atoms in total. The van der Waals surface area contributed by atoms with Crippen molar-refractivity contribution < 1.29 is 23.8 Å². The molecule has 2 aromatic carbocycles. The maximum absolute atomic E-state index is 12.7. The number of rotatable bonds is 11. The Balaban J connectivity index is 2.03. The third-order valence-corrected chi connectivity index (χ3v) is 4.24. The van der Waals surface area contributed by atoms with Gasteiger partial charge in [0.25, 0.3) is 11.8 Å². The van der Waals surface area contributed by atoms with Crippen molar-refractivity contribution in [3.63, 3.8) is 0 Å². The number of para-hydroxylation sites is 1. The maximum Gasteiger partial charge on any atom is 0.265 e. The van der Waals surface area contributed by atoms with Gasteiger partial charge in [0.15, 0.2) is 6.10 Å². The molecule has 0 aliphatic heterocycles. The van der Waals surface area contributed by atoms with Gasteiger partial charge in [0.2, 0.25) is 0 Å². The number of hydrogen-bond acceptors (Lipinski definition) is 5. The Labute approximate surface area is 171 Å². The van der Waals surface area contributed by atoms with Gasteiger partial charge in [0.05, 0.1) is 18.4 Å². The molecule has 0 saturated heterocycles. The van der Waals surface area contributed by atoms with E-state index in [9.17, 15) is 9.59 Å². The van der Waals surface area contributed by atoms with E-state index in [2.05, 4.69) is 10.6 Å². The second-order valence-corrected chi connectivity index (χ2v) is 6.33. The molecule has 0 bridgehead atoms. The summed E-state index contributed by atoms with van der Waals surface area (Å²) in [4.78, 5) is 25.2. The van der Waals surface area contributed by atoms with Gasteiger partial charge < -0.3 is 24.8 Å². The molecule has 0 radical (unpaired) electrons. The first kappa shape index (κ1) is 22.2. The van der Waals surface area contributed by atoms with Crippen LogP contribution in [0.1, 0.15) is 30.1 Å². The number of amides is 2. The molecule has 0 aliphatic carbocycles. The zero-order valence-electron chi connectivity index (χ0n) is 17.1. The van der Waals surface area contributed by atoms with Crippen LogP contribution in [0.3, 0.4) is 0 Å². The van der Waals surface area contributed by atoms with Crippen LogP contribution in [-0.2, 0) is 9.53 Å². The van der Waals surface area contributed by atoms with E-state index in [4.69, 9.17) is 14.2 Å². The predicted molar refractivity (Wildman–Crippen MR) is 112 cm³/mol. The zero-order valence-corrected chi connectivity index (χ0v) is 17.1. The molecule has 2 aromatic rings. The van der Waals surface area contributed by atoms with Crippen LogP contribution in [0.5, 0.6) is 11.5 Å². The maximum atomic E-state index is 12.7. The Morgan fingerprint density at radius 2 is 1.69 bits per heavy atom. The predicted octanol–water partition coefficient (Wildman–Crippen LogP) is 3.26. The molecular weight excluding hydrogens is 372 g/mol. The SMILES string of the molecule is CCC(Oc1ccc(OC)cc1)C(=O)Nc1ccccc1C(=O)NCCCOC. The summed E-state index contributed by atoms with van der Waals surface area (Å²) in [6.45, 7) is 2.93. The molecule has 0 spiro atoms. The standard InChI is InChI=1S/C22H28N2O5/c1-4-20(29-17-12-10-16(28-3)11-13-17)22(26)24-19-9-6-5-8-18(19)21(25)23-14-7-15-27-2/h5-6,8-13,20H,4,7,14-15H2,1-3H3,(H,23,25)(H,24,26). The molecule has 0 heterocycles. The van der Waals surface area contributed by atoms with Crippen LogP contribution in [0.25, 0.3) is 0 Å². The third kappa shape index (κ3) is 6.80. The molecule has 2 amide bonds. The van der Waals surface area contributed by atoms with Crippen LogP contribution in [0.15, 0.2) is 48.5 Å². The fraction of sp³-hybridized carbons (Fsp3) is 0.364. The van der Waals surface area contributed by atoms with E-state index in [0.717, 1.165) is 0 Å². The van der Waals surface area contributed by atoms with Gasteiger partial charge in [0, 0.05) is 20.3 Å². The summed E-state index contributed by atoms with van der Waals surface area (Å²) in [7, 11) is 3.20. The van der Waals surface area contributed by atoms with Crippen LogP contribution >= 0.6 is 0 Å². The van der Waals surface area contributed by atoms with Crippen molar-refractivity contribution in [2.45, 2.75) is 25.9 Å². The zero-order chi connectivity index (χ0) is 21.1. The molecule has 7 heteroatoms. The molecule has 2 N–H and O–H groups in total. The summed E-state index contributed by atoms with van der Waals surface area (Å²) < 4.78 is 15.9. The van der Waals surface area contributed by atoms with Gasteiger partial charge in [-0.2, -0.15) is 0 Å². The van der Waals surface area contributed by atoms with Crippen molar-refractivity contribution in [1.82, 2.24) is 5.32 Å². The number of carbonyl (C=O) groups is 2. The lowest BCUT2D eigenvalue weighted by Crippen LogP contribution is -2.33. The molecule has 0 aliphatic rings. The Morgan fingerprint density at radius 1 is 1.00 bits per heavy atom. The first-order valence-corrected chi connectivity index (χ1v) is 9.56. The number of hydrogen-bond donors (Lipinski definition) is 2. The summed E-state index contributed by atoms with van der Waals surface area (Å²) in [6.07, 6.45) is 0.495. The van der Waals surface area contributed by atoms with E-state index in [1.165, 1.54) is 0 Å². The van der Waals surface area contributed by atoms with E-state index in [-0.39, 0.29) is 11.8 Å². The Morgan fingerprint density at radius 3 is 2.34 bits per heavy atom. The lowest BCUT2D eigenvalue weighted by molar-refractivity contribution is -0.122. The van der Waals surface area contributed by atoms with Crippen molar-refractivity contribution in [1.29, 1.82) is 0 Å². The van der Waals surface area contributed by atoms with Crippen molar-refractivity contribution >= 4 is 17.5 Å². The first-order chi connectivity index (χ1) is 14.1. The van der Waals surface area contributed by atoms with Gasteiger partial charge in [-0.1, -0.05) is 19.1 Å². The van der Waals surface area contributed by atoms with Gasteiger partial charge in [-0.25, -0.2) is 0 Å². The van der Waals surface area contributed by atoms with Crippen LogP contribution in [0, 0.1) is 0 Å². The van der Waals surface area contributed by atoms with Crippen molar-refractivity contribution in [3.05, 3.63) is 54.1 Å². The number of nitrogens with one attached hydrogen (secondary N) is 2. The molecule has 0 saturated carbocycles. The van der Waals surface area contributed by atoms with Gasteiger partial charge in [-0.3, -0.25) is 9.59 Å². The number of benzene rings is 2. The highest BCUT2D eigenvalue weighted by molar-refractivity contribution is 6.04. The smallest absolute Gasteiger partial charge is 0.265 e. The van der Waals surface area contributed by atoms with Gasteiger partial charge >= 0.3 is 0 Å². The fourth-order valence-corrected chi connectivity index (χ4v) is 2.66. The van der Waals surface area contributed by atoms with Crippen molar-refractivity contribution in [2.75, 3.05) is 32.7 Å². The Kier molecular flexibility index (Phi) is 8.98. The normalized spacial score (nSPS) is 11.4. The topological polar surface area (TPSA) is 85.9 Å². The van der Waals surface area contributed by atoms with E-state index < -0.39 is 6.10 Å². The number of ether oxygens (including phenoxy) is 3. The average Bonchev–Trinajstić information content (AvgIpc) is 2.75. The average molecular weight is 400 g/mol. The largest absolute Gasteiger partial charge is 0.497 e. The summed E-state index contributed by atoms with van der Waals surface area (Å²) >= 11 is 0. The monoisotopic (exact) mass is 400 g/mol. The summed E-state index contributed by atoms with van der Waals surface area (Å²) in [5.74, 6) is 0.710. The third-order valence-electron chi connectivity index (χ3n) is 4.24. The highest BCUT2D eigenvalue weighted by Crippen LogP contribution is 2.20. The second-order valence-electron chi connectivity index (χ2n) is 6.33. The quantitative estimate of drug-likeness (QED) is 0.566. The van der Waals surface area contributed by atoms with E-state index >= 15 is 0 Å². The molecule has 29 heavy (non-hydrogen) atoms. The summed E-state index contributed by atoms with van der Waals surface area (Å²) in [5, 5.41) is 5.64. The number of carbonyl (C=O) groups excluding carboxylic acids is 2. The fourth-order valence-electron chi connectivity index (χ4n) is 2.66. The molecule has 1 unspecified atom stereocenters. The van der Waals surface area contributed by atoms with E-state index in [1.54, 1.807) is 62.8 Å². The molecule has 156 valence electrons. The van der Waals surface area contributed by atoms with Crippen molar-refractivity contribution in [2.24, 2.45) is 0 Å². The minimum absolute atomic E-state index is 0.249. The Bertz CT molecular complexity index is 792. The molecule has 0 fully saturated rings. The van der Waals surface area contributed by atoms with E-state index in [0.29, 0.717) is 48.7 Å². The van der Waals surface area contributed by atoms with Crippen LogP contribution < -0.4 is 20.1 Å². The molecular formula is C22H28N2O5. The lowest BCUT2D eigenvalue weighted by Gasteiger charge is -2.18. The van der Waals surface area contributed by atoms with Gasteiger partial charge in [-0.15, -0.1) is 0 Å². The van der Waals surface area contributed by atoms with Gasteiger partial charge in [-0.05, 0) is 49.2 Å². The highest BCUT2D eigenvalue weighted by Gasteiger charge is 2.21. The van der Waals surface area contributed by atoms with Crippen LogP contribution in [0.4, 0.5) is 5.69 Å². The highest BCUT2D eigenvalue weighted by atomic mass is 16.5. The molecule has 0 aromatic heterocycles. The van der Waals surface area contributed by atoms with Crippen LogP contribution in [-0.4, -0.2) is 45.3 Å². The Hall–Kier alpha value is -3.06. The minimum Gasteiger partial charge on any atom is -0.497 e. The van der Waals surface area contributed by atoms with E-state index in [1.807, 2.05) is 6.92 Å². The molecule has 1 atom stereocenters. The van der Waals surface area contributed by atoms with Gasteiger partial charge in [0.1, 0.15) is 11.5 Å². The summed E-state index contributed by atoms with van der Waals surface area (Å²) in [6, 6.07) is 13.9. The summed E-state index contributed by atoms with van der Waals surface area (Å²) in [5.41, 5.74) is 0.844. The molecule has 2 rings (SSSR count). The lowest BCUT2D eigenvalue weighted by atomic mass is 10.1. The number of anilines is 1. The van der Waals surface area contributed by atoms with Crippen LogP contribution in [0.2, 0.25) is 0 Å². The number of methoxy groups -OCH3 is 2. The second kappa shape index (κ2) is 11.7. The van der Waals surface area contributed by atoms with Crippen molar-refractivity contribution in [3.8, 4) is 11.5 Å². The first-order valence-electron chi connectivity index (χ1n) is 9.56. The minimum atomic E-state index is -0.693.